The lowest BCUT2D eigenvalue weighted by Gasteiger charge is -2.13. The summed E-state index contributed by atoms with van der Waals surface area (Å²) in [4.78, 5) is 0. The van der Waals surface area contributed by atoms with Gasteiger partial charge >= 0.3 is 0 Å². The van der Waals surface area contributed by atoms with Crippen LogP contribution >= 0.6 is 23.2 Å². The van der Waals surface area contributed by atoms with Crippen LogP contribution in [0.25, 0.3) is 0 Å². The first-order chi connectivity index (χ1) is 6.65. The summed E-state index contributed by atoms with van der Waals surface area (Å²) in [7, 11) is 0. The summed E-state index contributed by atoms with van der Waals surface area (Å²) in [6.07, 6.45) is -0.610. The molecule has 2 N–H and O–H groups in total. The van der Waals surface area contributed by atoms with E-state index in [1.807, 2.05) is 6.92 Å². The van der Waals surface area contributed by atoms with Gasteiger partial charge in [0.15, 0.2) is 0 Å². The second-order valence-corrected chi connectivity index (χ2v) is 3.83. The Morgan fingerprint density at radius 2 is 2.14 bits per heavy atom. The maximum Gasteiger partial charge on any atom is 0.0929 e. The number of aliphatic hydroxyl groups is 1. The van der Waals surface area contributed by atoms with Gasteiger partial charge in [-0.15, -0.1) is 0 Å². The molecule has 78 valence electrons. The lowest BCUT2D eigenvalue weighted by Crippen LogP contribution is -2.21. The maximum atomic E-state index is 9.75. The molecule has 0 aliphatic carbocycles. The van der Waals surface area contributed by atoms with Crippen molar-refractivity contribution in [2.45, 2.75) is 13.0 Å². The number of rotatable bonds is 4. The van der Waals surface area contributed by atoms with Crippen molar-refractivity contribution >= 4 is 23.2 Å². The van der Waals surface area contributed by atoms with Crippen LogP contribution in [0.4, 0.5) is 0 Å². The molecule has 0 amide bonds. The van der Waals surface area contributed by atoms with E-state index in [1.54, 1.807) is 18.2 Å². The van der Waals surface area contributed by atoms with E-state index in [9.17, 15) is 5.11 Å². The molecule has 0 fully saturated rings. The van der Waals surface area contributed by atoms with Crippen molar-refractivity contribution in [3.63, 3.8) is 0 Å². The lowest BCUT2D eigenvalue weighted by molar-refractivity contribution is 0.176. The second-order valence-electron chi connectivity index (χ2n) is 2.99. The zero-order valence-corrected chi connectivity index (χ0v) is 9.44. The Balaban J connectivity index is 2.77. The van der Waals surface area contributed by atoms with Gasteiger partial charge in [-0.2, -0.15) is 0 Å². The maximum absolute atomic E-state index is 9.75. The van der Waals surface area contributed by atoms with E-state index in [2.05, 4.69) is 5.32 Å². The Morgan fingerprint density at radius 3 is 2.79 bits per heavy atom. The third-order valence-corrected chi connectivity index (χ3v) is 2.48. The van der Waals surface area contributed by atoms with Crippen molar-refractivity contribution in [1.29, 1.82) is 0 Å². The molecule has 0 saturated carbocycles. The van der Waals surface area contributed by atoms with Gasteiger partial charge < -0.3 is 10.4 Å². The predicted molar refractivity (Wildman–Crippen MR) is 60.0 cm³/mol. The van der Waals surface area contributed by atoms with E-state index < -0.39 is 6.10 Å². The molecule has 1 aromatic rings. The Labute approximate surface area is 93.8 Å². The van der Waals surface area contributed by atoms with Crippen molar-refractivity contribution in [2.75, 3.05) is 13.1 Å². The van der Waals surface area contributed by atoms with Crippen molar-refractivity contribution < 1.29 is 5.11 Å². The third-order valence-electron chi connectivity index (χ3n) is 1.90. The highest BCUT2D eigenvalue weighted by molar-refractivity contribution is 6.33. The molecule has 1 unspecified atom stereocenters. The molecule has 0 spiro atoms. The minimum atomic E-state index is -0.610. The van der Waals surface area contributed by atoms with E-state index >= 15 is 0 Å². The first kappa shape index (κ1) is 11.8. The Bertz CT molecular complexity index is 304. The fourth-order valence-corrected chi connectivity index (χ4v) is 1.59. The van der Waals surface area contributed by atoms with Gasteiger partial charge in [-0.1, -0.05) is 30.1 Å². The smallest absolute Gasteiger partial charge is 0.0929 e. The van der Waals surface area contributed by atoms with Gasteiger partial charge in [-0.3, -0.25) is 0 Å². The summed E-state index contributed by atoms with van der Waals surface area (Å²) in [6, 6.07) is 5.08. The van der Waals surface area contributed by atoms with Gasteiger partial charge in [0.1, 0.15) is 0 Å². The van der Waals surface area contributed by atoms with Crippen LogP contribution in [0.5, 0.6) is 0 Å². The average Bonchev–Trinajstić information content (AvgIpc) is 2.18. The normalized spacial score (nSPS) is 12.9. The molecular weight excluding hydrogens is 221 g/mol. The minimum Gasteiger partial charge on any atom is -0.387 e. The van der Waals surface area contributed by atoms with Crippen LogP contribution in [-0.4, -0.2) is 18.2 Å². The van der Waals surface area contributed by atoms with E-state index in [4.69, 9.17) is 23.2 Å². The largest absolute Gasteiger partial charge is 0.387 e. The molecule has 0 aliphatic heterocycles. The monoisotopic (exact) mass is 233 g/mol. The van der Waals surface area contributed by atoms with Crippen LogP contribution in [0.3, 0.4) is 0 Å². The zero-order chi connectivity index (χ0) is 10.6. The number of halogens is 2. The van der Waals surface area contributed by atoms with Crippen molar-refractivity contribution in [2.24, 2.45) is 0 Å². The molecule has 1 aromatic carbocycles. The molecule has 2 nitrogen and oxygen atoms in total. The van der Waals surface area contributed by atoms with Crippen LogP contribution < -0.4 is 5.32 Å². The molecule has 0 aliphatic rings. The highest BCUT2D eigenvalue weighted by Crippen LogP contribution is 2.25. The van der Waals surface area contributed by atoms with Crippen molar-refractivity contribution in [3.8, 4) is 0 Å². The van der Waals surface area contributed by atoms with Gasteiger partial charge in [-0.25, -0.2) is 0 Å². The third kappa shape index (κ3) is 3.14. The summed E-state index contributed by atoms with van der Waals surface area (Å²) < 4.78 is 0. The molecule has 1 atom stereocenters. The molecule has 1 rings (SSSR count). The number of nitrogens with one attached hydrogen (secondary N) is 1. The highest BCUT2D eigenvalue weighted by Gasteiger charge is 2.11. The molecule has 0 saturated heterocycles. The van der Waals surface area contributed by atoms with Crippen LogP contribution in [-0.2, 0) is 0 Å². The summed E-state index contributed by atoms with van der Waals surface area (Å²) in [6.45, 7) is 3.28. The fourth-order valence-electron chi connectivity index (χ4n) is 1.16. The van der Waals surface area contributed by atoms with Gasteiger partial charge in [0.25, 0.3) is 0 Å². The topological polar surface area (TPSA) is 32.3 Å². The molecule has 0 aromatic heterocycles. The summed E-state index contributed by atoms with van der Waals surface area (Å²) in [5.74, 6) is 0. The van der Waals surface area contributed by atoms with Crippen molar-refractivity contribution in [3.05, 3.63) is 33.8 Å². The fraction of sp³-hybridized carbons (Fsp3) is 0.400. The van der Waals surface area contributed by atoms with E-state index in [-0.39, 0.29) is 0 Å². The molecule has 14 heavy (non-hydrogen) atoms. The van der Waals surface area contributed by atoms with Gasteiger partial charge in [0.2, 0.25) is 0 Å². The molecule has 0 radical (unpaired) electrons. The molecule has 0 heterocycles. The van der Waals surface area contributed by atoms with Crippen LogP contribution in [0.15, 0.2) is 18.2 Å². The number of benzene rings is 1. The van der Waals surface area contributed by atoms with E-state index in [1.165, 1.54) is 0 Å². The highest BCUT2D eigenvalue weighted by atomic mass is 35.5. The molecule has 4 heteroatoms. The summed E-state index contributed by atoms with van der Waals surface area (Å²) in [5.41, 5.74) is 0.667. The first-order valence-corrected chi connectivity index (χ1v) is 5.24. The summed E-state index contributed by atoms with van der Waals surface area (Å²) in [5, 5.41) is 13.9. The molecule has 0 bridgehead atoms. The number of hydrogen-bond donors (Lipinski definition) is 2. The Morgan fingerprint density at radius 1 is 1.43 bits per heavy atom. The number of hydrogen-bond acceptors (Lipinski definition) is 2. The van der Waals surface area contributed by atoms with Gasteiger partial charge in [0, 0.05) is 22.2 Å². The van der Waals surface area contributed by atoms with E-state index in [0.717, 1.165) is 6.54 Å². The van der Waals surface area contributed by atoms with Crippen LogP contribution in [0.1, 0.15) is 18.6 Å². The number of aliphatic hydroxyl groups excluding tert-OH is 1. The quantitative estimate of drug-likeness (QED) is 0.839. The summed E-state index contributed by atoms with van der Waals surface area (Å²) >= 11 is 11.7. The average molecular weight is 234 g/mol. The van der Waals surface area contributed by atoms with E-state index in [0.29, 0.717) is 22.2 Å². The molecular formula is C10H13Cl2NO. The standard InChI is InChI=1S/C10H13Cl2NO/c1-2-13-6-10(14)8-5-7(11)3-4-9(8)12/h3-5,10,13-14H,2,6H2,1H3. The van der Waals surface area contributed by atoms with Gasteiger partial charge in [0.05, 0.1) is 6.10 Å². The Kier molecular flexibility index (Phi) is 4.69. The first-order valence-electron chi connectivity index (χ1n) is 4.49. The second kappa shape index (κ2) is 5.56. The number of likely N-dealkylation sites (N-methyl/N-ethyl adjacent to an activating group) is 1. The SMILES string of the molecule is CCNCC(O)c1cc(Cl)ccc1Cl. The van der Waals surface area contributed by atoms with Crippen LogP contribution in [0.2, 0.25) is 10.0 Å². The minimum absolute atomic E-state index is 0.483. The Hall–Kier alpha value is -0.280. The predicted octanol–water partition coefficient (Wildman–Crippen LogP) is 2.64. The zero-order valence-electron chi connectivity index (χ0n) is 7.93. The van der Waals surface area contributed by atoms with Gasteiger partial charge in [-0.05, 0) is 24.7 Å². The van der Waals surface area contributed by atoms with Crippen molar-refractivity contribution in [1.82, 2.24) is 5.32 Å². The van der Waals surface area contributed by atoms with Crippen LogP contribution in [0, 0.1) is 0 Å². The lowest BCUT2D eigenvalue weighted by atomic mass is 10.1.